The maximum atomic E-state index is 12.2. The molecule has 0 fully saturated rings. The summed E-state index contributed by atoms with van der Waals surface area (Å²) in [5.74, 6) is 0.0338. The van der Waals surface area contributed by atoms with Crippen LogP contribution in [0.15, 0.2) is 36.7 Å². The molecular weight excluding hydrogens is 403 g/mol. The van der Waals surface area contributed by atoms with Crippen LogP contribution in [-0.2, 0) is 13.2 Å². The third kappa shape index (κ3) is 4.89. The first-order valence-electron chi connectivity index (χ1n) is 8.19. The van der Waals surface area contributed by atoms with Gasteiger partial charge in [0.05, 0.1) is 29.0 Å². The van der Waals surface area contributed by atoms with Gasteiger partial charge in [0.15, 0.2) is 0 Å². The lowest BCUT2D eigenvalue weighted by Gasteiger charge is -2.13. The summed E-state index contributed by atoms with van der Waals surface area (Å²) in [7, 11) is 0. The van der Waals surface area contributed by atoms with Crippen LogP contribution in [0.4, 0.5) is 0 Å². The van der Waals surface area contributed by atoms with Gasteiger partial charge in [0, 0.05) is 17.8 Å². The molecule has 2 aromatic heterocycles. The summed E-state index contributed by atoms with van der Waals surface area (Å²) in [5.41, 5.74) is 2.24. The molecule has 0 radical (unpaired) electrons. The number of aromatic nitrogens is 4. The summed E-state index contributed by atoms with van der Waals surface area (Å²) in [6, 6.07) is 8.83. The number of carbonyl (C=O) groups is 1. The van der Waals surface area contributed by atoms with E-state index >= 15 is 0 Å². The van der Waals surface area contributed by atoms with E-state index in [9.17, 15) is 4.79 Å². The van der Waals surface area contributed by atoms with Crippen molar-refractivity contribution >= 4 is 29.9 Å². The van der Waals surface area contributed by atoms with Crippen molar-refractivity contribution in [3.05, 3.63) is 58.8 Å². The molecule has 0 saturated carbocycles. The maximum absolute atomic E-state index is 12.2. The summed E-state index contributed by atoms with van der Waals surface area (Å²) < 4.78 is 1.72. The Morgan fingerprint density at radius 2 is 2.25 bits per heavy atom. The first kappa shape index (κ1) is 21.4. The molecule has 8 nitrogen and oxygen atoms in total. The first-order valence-corrected chi connectivity index (χ1v) is 8.57. The number of nitriles is 1. The molecule has 146 valence electrons. The Morgan fingerprint density at radius 3 is 2.89 bits per heavy atom. The van der Waals surface area contributed by atoms with Crippen LogP contribution in [0.3, 0.4) is 0 Å². The van der Waals surface area contributed by atoms with Gasteiger partial charge in [-0.2, -0.15) is 10.4 Å². The van der Waals surface area contributed by atoms with Crippen molar-refractivity contribution in [3.63, 3.8) is 0 Å². The Balaban J connectivity index is 0.00000280. The number of benzene rings is 1. The molecule has 3 N–H and O–H groups in total. The molecule has 3 rings (SSSR count). The number of halogens is 2. The van der Waals surface area contributed by atoms with Gasteiger partial charge < -0.3 is 15.4 Å². The van der Waals surface area contributed by atoms with Crippen LogP contribution in [0.2, 0.25) is 5.02 Å². The Kier molecular flexibility index (Phi) is 7.18. The molecule has 0 aliphatic carbocycles. The lowest BCUT2D eigenvalue weighted by molar-refractivity contribution is 0.0931. The molecule has 0 spiro atoms. The number of aromatic amines is 1. The fraction of sp³-hybridized carbons (Fsp3) is 0.222. The SMILES string of the molecule is CC(Cn1ccc(-c2ccc(C#N)c(Cl)c2)n1)NC(=O)c1cnc(CO)[nH]1.Cl. The third-order valence-electron chi connectivity index (χ3n) is 3.89. The quantitative estimate of drug-likeness (QED) is 0.565. The molecule has 1 amide bonds. The summed E-state index contributed by atoms with van der Waals surface area (Å²) in [6.45, 7) is 2.08. The van der Waals surface area contributed by atoms with Crippen LogP contribution in [0.5, 0.6) is 0 Å². The minimum absolute atomic E-state index is 0. The van der Waals surface area contributed by atoms with E-state index < -0.39 is 0 Å². The predicted molar refractivity (Wildman–Crippen MR) is 106 cm³/mol. The molecule has 0 bridgehead atoms. The second-order valence-electron chi connectivity index (χ2n) is 6.01. The van der Waals surface area contributed by atoms with Crippen molar-refractivity contribution in [1.82, 2.24) is 25.1 Å². The molecule has 0 saturated heterocycles. The predicted octanol–water partition coefficient (Wildman–Crippen LogP) is 2.53. The van der Waals surface area contributed by atoms with Crippen molar-refractivity contribution in [3.8, 4) is 17.3 Å². The van der Waals surface area contributed by atoms with E-state index in [1.807, 2.05) is 25.3 Å². The van der Waals surface area contributed by atoms with Gasteiger partial charge in [-0.1, -0.05) is 17.7 Å². The summed E-state index contributed by atoms with van der Waals surface area (Å²) >= 11 is 6.07. The Labute approximate surface area is 172 Å². The zero-order valence-corrected chi connectivity index (χ0v) is 16.5. The summed E-state index contributed by atoms with van der Waals surface area (Å²) in [4.78, 5) is 18.8. The van der Waals surface area contributed by atoms with E-state index in [1.165, 1.54) is 6.20 Å². The zero-order valence-electron chi connectivity index (χ0n) is 14.9. The zero-order chi connectivity index (χ0) is 19.4. The van der Waals surface area contributed by atoms with Crippen molar-refractivity contribution in [1.29, 1.82) is 5.26 Å². The van der Waals surface area contributed by atoms with E-state index in [0.29, 0.717) is 28.6 Å². The molecule has 0 aliphatic rings. The molecule has 28 heavy (non-hydrogen) atoms. The Bertz CT molecular complexity index is 1010. The van der Waals surface area contributed by atoms with E-state index in [2.05, 4.69) is 20.4 Å². The van der Waals surface area contributed by atoms with Crippen molar-refractivity contribution in [2.45, 2.75) is 26.1 Å². The second-order valence-corrected chi connectivity index (χ2v) is 6.41. The molecule has 2 heterocycles. The number of nitrogens with one attached hydrogen (secondary N) is 2. The molecule has 1 unspecified atom stereocenters. The van der Waals surface area contributed by atoms with E-state index in [4.69, 9.17) is 22.0 Å². The van der Waals surface area contributed by atoms with Crippen LogP contribution in [0, 0.1) is 11.3 Å². The van der Waals surface area contributed by atoms with E-state index in [1.54, 1.807) is 22.9 Å². The fourth-order valence-electron chi connectivity index (χ4n) is 2.57. The van der Waals surface area contributed by atoms with Crippen LogP contribution in [0.25, 0.3) is 11.3 Å². The molecule has 10 heteroatoms. The van der Waals surface area contributed by atoms with Crippen molar-refractivity contribution in [2.24, 2.45) is 0 Å². The van der Waals surface area contributed by atoms with Gasteiger partial charge in [-0.05, 0) is 25.1 Å². The molecular formula is C18H18Cl2N6O2. The molecule has 3 aromatic rings. The molecule has 1 aromatic carbocycles. The third-order valence-corrected chi connectivity index (χ3v) is 4.20. The minimum atomic E-state index is -0.305. The Morgan fingerprint density at radius 1 is 1.46 bits per heavy atom. The average molecular weight is 421 g/mol. The largest absolute Gasteiger partial charge is 0.388 e. The number of aliphatic hydroxyl groups is 1. The highest BCUT2D eigenvalue weighted by atomic mass is 35.5. The summed E-state index contributed by atoms with van der Waals surface area (Å²) in [6.07, 6.45) is 3.19. The topological polar surface area (TPSA) is 120 Å². The van der Waals surface area contributed by atoms with E-state index in [-0.39, 0.29) is 31.0 Å². The molecule has 1 atom stereocenters. The van der Waals surface area contributed by atoms with E-state index in [0.717, 1.165) is 11.3 Å². The normalized spacial score (nSPS) is 11.4. The monoisotopic (exact) mass is 420 g/mol. The van der Waals surface area contributed by atoms with Gasteiger partial charge >= 0.3 is 0 Å². The van der Waals surface area contributed by atoms with Crippen LogP contribution >= 0.6 is 24.0 Å². The molecule has 0 aliphatic heterocycles. The maximum Gasteiger partial charge on any atom is 0.269 e. The van der Waals surface area contributed by atoms with Gasteiger partial charge in [0.25, 0.3) is 5.91 Å². The number of aliphatic hydroxyl groups excluding tert-OH is 1. The minimum Gasteiger partial charge on any atom is -0.388 e. The highest BCUT2D eigenvalue weighted by Gasteiger charge is 2.14. The van der Waals surface area contributed by atoms with Gasteiger partial charge in [0.2, 0.25) is 0 Å². The van der Waals surface area contributed by atoms with Gasteiger partial charge in [-0.3, -0.25) is 9.48 Å². The van der Waals surface area contributed by atoms with Gasteiger partial charge in [-0.25, -0.2) is 4.98 Å². The van der Waals surface area contributed by atoms with Crippen LogP contribution in [-0.4, -0.2) is 36.8 Å². The lowest BCUT2D eigenvalue weighted by atomic mass is 10.1. The van der Waals surface area contributed by atoms with Gasteiger partial charge in [0.1, 0.15) is 24.2 Å². The van der Waals surface area contributed by atoms with Gasteiger partial charge in [-0.15, -0.1) is 12.4 Å². The average Bonchev–Trinajstić information content (AvgIpc) is 3.30. The van der Waals surface area contributed by atoms with Crippen molar-refractivity contribution < 1.29 is 9.90 Å². The lowest BCUT2D eigenvalue weighted by Crippen LogP contribution is -2.36. The Hall–Kier alpha value is -2.86. The standard InChI is InChI=1S/C18H17ClN6O2.ClH/c1-11(22-18(27)16-8-21-17(10-26)23-16)9-25-5-4-15(24-25)12-2-3-13(7-20)14(19)6-12;/h2-6,8,11,26H,9-10H2,1H3,(H,21,23)(H,22,27);1H. The van der Waals surface area contributed by atoms with Crippen LogP contribution < -0.4 is 5.32 Å². The highest BCUT2D eigenvalue weighted by Crippen LogP contribution is 2.24. The summed E-state index contributed by atoms with van der Waals surface area (Å²) in [5, 5.41) is 25.6. The number of nitrogens with zero attached hydrogens (tertiary/aromatic N) is 4. The van der Waals surface area contributed by atoms with Crippen LogP contribution in [0.1, 0.15) is 28.8 Å². The first-order chi connectivity index (χ1) is 13.0. The highest BCUT2D eigenvalue weighted by molar-refractivity contribution is 6.32. The second kappa shape index (κ2) is 9.37. The van der Waals surface area contributed by atoms with Crippen molar-refractivity contribution in [2.75, 3.05) is 0 Å². The number of amides is 1. The number of imidazole rings is 1. The number of carbonyl (C=O) groups excluding carboxylic acids is 1. The number of H-pyrrole nitrogens is 1. The number of hydrogen-bond donors (Lipinski definition) is 3. The number of hydrogen-bond acceptors (Lipinski definition) is 5. The smallest absolute Gasteiger partial charge is 0.269 e. The fourth-order valence-corrected chi connectivity index (χ4v) is 2.79. The number of rotatable bonds is 6.